The van der Waals surface area contributed by atoms with Gasteiger partial charge in [-0.25, -0.2) is 0 Å². The lowest BCUT2D eigenvalue weighted by Gasteiger charge is -2.12. The molecule has 0 aliphatic rings. The van der Waals surface area contributed by atoms with Gasteiger partial charge in [-0.3, -0.25) is 4.79 Å². The van der Waals surface area contributed by atoms with E-state index in [0.717, 1.165) is 18.5 Å². The molecule has 1 rings (SSSR count). The third kappa shape index (κ3) is 2.84. The molecule has 1 atom stereocenters. The van der Waals surface area contributed by atoms with Crippen LogP contribution in [0.2, 0.25) is 0 Å². The second-order valence-corrected chi connectivity index (χ2v) is 4.08. The van der Waals surface area contributed by atoms with Gasteiger partial charge in [0.1, 0.15) is 11.3 Å². The molecule has 0 saturated carbocycles. The minimum absolute atomic E-state index is 0.0726. The third-order valence-corrected chi connectivity index (χ3v) is 2.59. The topological polar surface area (TPSA) is 55.1 Å². The maximum Gasteiger partial charge on any atom is 0.257 e. The molecule has 0 saturated heterocycles. The van der Waals surface area contributed by atoms with E-state index in [0.29, 0.717) is 17.7 Å². The summed E-state index contributed by atoms with van der Waals surface area (Å²) in [6.45, 7) is 7.84. The van der Waals surface area contributed by atoms with Crippen LogP contribution < -0.4 is 5.32 Å². The van der Waals surface area contributed by atoms with Gasteiger partial charge >= 0.3 is 0 Å². The average molecular weight is 224 g/mol. The Bertz CT molecular complexity index is 358. The largest absolute Gasteiger partial charge is 0.361 e. The SMILES string of the molecule is CCCC(C)NC(=O)c1c(CC)noc1C. The minimum Gasteiger partial charge on any atom is -0.361 e. The summed E-state index contributed by atoms with van der Waals surface area (Å²) in [4.78, 5) is 12.0. The van der Waals surface area contributed by atoms with Gasteiger partial charge in [0, 0.05) is 6.04 Å². The van der Waals surface area contributed by atoms with Gasteiger partial charge in [-0.1, -0.05) is 25.4 Å². The van der Waals surface area contributed by atoms with E-state index in [-0.39, 0.29) is 11.9 Å². The summed E-state index contributed by atoms with van der Waals surface area (Å²) in [6, 6.07) is 0.191. The number of nitrogens with one attached hydrogen (secondary N) is 1. The van der Waals surface area contributed by atoms with Gasteiger partial charge in [-0.15, -0.1) is 0 Å². The van der Waals surface area contributed by atoms with Gasteiger partial charge < -0.3 is 9.84 Å². The fourth-order valence-electron chi connectivity index (χ4n) is 1.75. The Labute approximate surface area is 96.4 Å². The van der Waals surface area contributed by atoms with Crippen LogP contribution in [0.5, 0.6) is 0 Å². The number of carbonyl (C=O) groups is 1. The number of carbonyl (C=O) groups excluding carboxylic acids is 1. The van der Waals surface area contributed by atoms with Crippen molar-refractivity contribution >= 4 is 5.91 Å². The van der Waals surface area contributed by atoms with Crippen molar-refractivity contribution < 1.29 is 9.32 Å². The normalized spacial score (nSPS) is 12.5. The number of hydrogen-bond donors (Lipinski definition) is 1. The second kappa shape index (κ2) is 5.68. The van der Waals surface area contributed by atoms with Crippen molar-refractivity contribution in [2.45, 2.75) is 53.0 Å². The number of nitrogens with zero attached hydrogens (tertiary/aromatic N) is 1. The number of amides is 1. The van der Waals surface area contributed by atoms with E-state index in [9.17, 15) is 4.79 Å². The van der Waals surface area contributed by atoms with Crippen LogP contribution >= 0.6 is 0 Å². The van der Waals surface area contributed by atoms with Crippen molar-refractivity contribution in [2.75, 3.05) is 0 Å². The molecule has 1 unspecified atom stereocenters. The Morgan fingerprint density at radius 2 is 2.19 bits per heavy atom. The summed E-state index contributed by atoms with van der Waals surface area (Å²) in [5.41, 5.74) is 1.34. The molecule has 0 fully saturated rings. The van der Waals surface area contributed by atoms with E-state index in [2.05, 4.69) is 17.4 Å². The lowest BCUT2D eigenvalue weighted by molar-refractivity contribution is 0.0936. The molecule has 0 aliphatic heterocycles. The third-order valence-electron chi connectivity index (χ3n) is 2.59. The van der Waals surface area contributed by atoms with E-state index in [1.807, 2.05) is 13.8 Å². The summed E-state index contributed by atoms with van der Waals surface area (Å²) in [6.07, 6.45) is 2.75. The Kier molecular flexibility index (Phi) is 4.52. The van der Waals surface area contributed by atoms with Crippen LogP contribution in [-0.2, 0) is 6.42 Å². The maximum absolute atomic E-state index is 12.0. The summed E-state index contributed by atoms with van der Waals surface area (Å²) in [7, 11) is 0. The van der Waals surface area contributed by atoms with Gasteiger partial charge in [0.2, 0.25) is 0 Å². The van der Waals surface area contributed by atoms with Gasteiger partial charge in [-0.05, 0) is 26.7 Å². The molecule has 16 heavy (non-hydrogen) atoms. The van der Waals surface area contributed by atoms with Gasteiger partial charge in [0.15, 0.2) is 0 Å². The lowest BCUT2D eigenvalue weighted by atomic mass is 10.1. The number of aromatic nitrogens is 1. The van der Waals surface area contributed by atoms with E-state index >= 15 is 0 Å². The molecule has 1 aromatic rings. The molecule has 1 aromatic heterocycles. The van der Waals surface area contributed by atoms with E-state index in [1.54, 1.807) is 6.92 Å². The summed E-state index contributed by atoms with van der Waals surface area (Å²) >= 11 is 0. The van der Waals surface area contributed by atoms with Crippen LogP contribution in [-0.4, -0.2) is 17.1 Å². The van der Waals surface area contributed by atoms with Crippen molar-refractivity contribution in [3.05, 3.63) is 17.0 Å². The fourth-order valence-corrected chi connectivity index (χ4v) is 1.75. The highest BCUT2D eigenvalue weighted by molar-refractivity contribution is 5.96. The Hall–Kier alpha value is -1.32. The molecule has 0 aromatic carbocycles. The first-order chi connectivity index (χ1) is 7.60. The molecule has 1 heterocycles. The van der Waals surface area contributed by atoms with E-state index in [1.165, 1.54) is 0 Å². The van der Waals surface area contributed by atoms with Gasteiger partial charge in [0.25, 0.3) is 5.91 Å². The highest BCUT2D eigenvalue weighted by Crippen LogP contribution is 2.14. The van der Waals surface area contributed by atoms with Crippen LogP contribution in [0.1, 0.15) is 55.4 Å². The summed E-state index contributed by atoms with van der Waals surface area (Å²) in [5.74, 6) is 0.523. The molecule has 0 radical (unpaired) electrons. The minimum atomic E-state index is -0.0726. The van der Waals surface area contributed by atoms with Crippen molar-refractivity contribution in [3.63, 3.8) is 0 Å². The monoisotopic (exact) mass is 224 g/mol. The quantitative estimate of drug-likeness (QED) is 0.835. The zero-order valence-corrected chi connectivity index (χ0v) is 10.5. The Morgan fingerprint density at radius 3 is 2.75 bits per heavy atom. The van der Waals surface area contributed by atoms with Gasteiger partial charge in [-0.2, -0.15) is 0 Å². The predicted octanol–water partition coefficient (Wildman–Crippen LogP) is 2.46. The van der Waals surface area contributed by atoms with Crippen molar-refractivity contribution in [2.24, 2.45) is 0 Å². The zero-order chi connectivity index (χ0) is 12.1. The molecule has 1 amide bonds. The standard InChI is InChI=1S/C12H20N2O2/c1-5-7-8(3)13-12(15)11-9(4)16-14-10(11)6-2/h8H,5-7H2,1-4H3,(H,13,15). The van der Waals surface area contributed by atoms with Crippen molar-refractivity contribution in [1.29, 1.82) is 0 Å². The van der Waals surface area contributed by atoms with Gasteiger partial charge in [0.05, 0.1) is 5.69 Å². The summed E-state index contributed by atoms with van der Waals surface area (Å²) < 4.78 is 5.04. The molecule has 90 valence electrons. The molecule has 4 heteroatoms. The van der Waals surface area contributed by atoms with E-state index in [4.69, 9.17) is 4.52 Å². The number of hydrogen-bond acceptors (Lipinski definition) is 3. The highest BCUT2D eigenvalue weighted by Gasteiger charge is 2.19. The van der Waals surface area contributed by atoms with Crippen LogP contribution in [0, 0.1) is 6.92 Å². The van der Waals surface area contributed by atoms with Crippen LogP contribution in [0.15, 0.2) is 4.52 Å². The Balaban J connectivity index is 2.75. The molecule has 0 aliphatic carbocycles. The molecule has 1 N–H and O–H groups in total. The van der Waals surface area contributed by atoms with E-state index < -0.39 is 0 Å². The van der Waals surface area contributed by atoms with Crippen molar-refractivity contribution in [3.8, 4) is 0 Å². The Morgan fingerprint density at radius 1 is 1.50 bits per heavy atom. The molecular weight excluding hydrogens is 204 g/mol. The van der Waals surface area contributed by atoms with Crippen LogP contribution in [0.4, 0.5) is 0 Å². The van der Waals surface area contributed by atoms with Crippen molar-refractivity contribution in [1.82, 2.24) is 10.5 Å². The molecule has 0 spiro atoms. The number of rotatable bonds is 5. The second-order valence-electron chi connectivity index (χ2n) is 4.08. The number of aryl methyl sites for hydroxylation is 2. The van der Waals surface area contributed by atoms with Crippen LogP contribution in [0.25, 0.3) is 0 Å². The zero-order valence-electron chi connectivity index (χ0n) is 10.5. The molecular formula is C12H20N2O2. The predicted molar refractivity (Wildman–Crippen MR) is 62.5 cm³/mol. The molecule has 0 bridgehead atoms. The first-order valence-electron chi connectivity index (χ1n) is 5.86. The fraction of sp³-hybridized carbons (Fsp3) is 0.667. The smallest absolute Gasteiger partial charge is 0.257 e. The summed E-state index contributed by atoms with van der Waals surface area (Å²) in [5, 5.41) is 6.83. The molecule has 4 nitrogen and oxygen atoms in total. The first-order valence-corrected chi connectivity index (χ1v) is 5.86. The highest BCUT2D eigenvalue weighted by atomic mass is 16.5. The first kappa shape index (κ1) is 12.7. The maximum atomic E-state index is 12.0. The van der Waals surface area contributed by atoms with Crippen LogP contribution in [0.3, 0.4) is 0 Å². The average Bonchev–Trinajstić information content (AvgIpc) is 2.59. The lowest BCUT2D eigenvalue weighted by Crippen LogP contribution is -2.33.